The molecule has 7 heteroatoms. The van der Waals surface area contributed by atoms with E-state index in [1.165, 1.54) is 0 Å². The minimum absolute atomic E-state index is 0.952. The lowest BCUT2D eigenvalue weighted by Gasteiger charge is -2.13. The Kier molecular flexibility index (Phi) is 2.62. The largest absolute Gasteiger partial charge is 0.311 e. The molecule has 0 aliphatic heterocycles. The fourth-order valence-corrected chi connectivity index (χ4v) is 1.14. The molecule has 74 valence electrons. The van der Waals surface area contributed by atoms with Crippen LogP contribution in [0.15, 0.2) is 25.0 Å². The Labute approximate surface area is 87.9 Å². The first-order chi connectivity index (χ1) is 7.27. The normalized spacial score (nSPS) is 10.3. The van der Waals surface area contributed by atoms with E-state index in [0.717, 1.165) is 11.2 Å². The molecule has 2 rings (SSSR count). The summed E-state index contributed by atoms with van der Waals surface area (Å²) in [6, 6.07) is 0. The molecular weight excluding hydrogens is 191 g/mol. The van der Waals surface area contributed by atoms with Gasteiger partial charge in [-0.05, 0) is 10.2 Å². The maximum Gasteiger partial charge on any atom is 0.311 e. The Balaban J connectivity index is 2.30. The van der Waals surface area contributed by atoms with Crippen molar-refractivity contribution in [2.75, 3.05) is 0 Å². The third kappa shape index (κ3) is 2.12. The van der Waals surface area contributed by atoms with Crippen LogP contribution >= 0.6 is 0 Å². The summed E-state index contributed by atoms with van der Waals surface area (Å²) in [4.78, 5) is 0. The first-order valence-electron chi connectivity index (χ1n) is 4.45. The number of aromatic nitrogens is 6. The quantitative estimate of drug-likeness (QED) is 0.375. The lowest BCUT2D eigenvalue weighted by atomic mass is 9.71. The molecule has 0 atom stereocenters. The lowest BCUT2D eigenvalue weighted by molar-refractivity contribution is -0.662. The van der Waals surface area contributed by atoms with E-state index in [4.69, 9.17) is 0 Å². The molecule has 0 fully saturated rings. The summed E-state index contributed by atoms with van der Waals surface area (Å²) in [5.74, 6) is 0. The van der Waals surface area contributed by atoms with Crippen molar-refractivity contribution >= 4 is 18.5 Å². The number of nitrogens with zero attached hydrogens (tertiary/aromatic N) is 6. The molecule has 0 spiro atoms. The van der Waals surface area contributed by atoms with Gasteiger partial charge in [0.1, 0.15) is 0 Å². The van der Waals surface area contributed by atoms with Crippen LogP contribution in [0, 0.1) is 0 Å². The fourth-order valence-electron chi connectivity index (χ4n) is 1.14. The molecule has 0 aliphatic carbocycles. The van der Waals surface area contributed by atoms with E-state index >= 15 is 0 Å². The van der Waals surface area contributed by atoms with E-state index in [-0.39, 0.29) is 0 Å². The van der Waals surface area contributed by atoms with Crippen LogP contribution in [0.2, 0.25) is 0 Å². The first kappa shape index (κ1) is 9.63. The van der Waals surface area contributed by atoms with Crippen molar-refractivity contribution < 1.29 is 9.13 Å². The van der Waals surface area contributed by atoms with Gasteiger partial charge in [-0.15, -0.1) is 18.5 Å². The Morgan fingerprint density at radius 1 is 0.867 bits per heavy atom. The highest BCUT2D eigenvalue weighted by atomic mass is 15.2. The number of rotatable bonds is 2. The van der Waals surface area contributed by atoms with Gasteiger partial charge < -0.3 is 0 Å². The van der Waals surface area contributed by atoms with Crippen molar-refractivity contribution in [2.24, 2.45) is 14.1 Å². The molecule has 0 saturated heterocycles. The highest BCUT2D eigenvalue weighted by Gasteiger charge is 1.98. The van der Waals surface area contributed by atoms with Gasteiger partial charge in [-0.25, -0.2) is 0 Å². The van der Waals surface area contributed by atoms with Gasteiger partial charge >= 0.3 is 12.7 Å². The Morgan fingerprint density at radius 3 is 1.73 bits per heavy atom. The van der Waals surface area contributed by atoms with Crippen molar-refractivity contribution in [3.8, 4) is 0 Å². The van der Waals surface area contributed by atoms with E-state index in [1.54, 1.807) is 25.0 Å². The summed E-state index contributed by atoms with van der Waals surface area (Å²) in [5.41, 5.74) is 1.90. The van der Waals surface area contributed by atoms with Crippen LogP contribution in [0.3, 0.4) is 0 Å². The zero-order valence-electron chi connectivity index (χ0n) is 8.57. The summed E-state index contributed by atoms with van der Waals surface area (Å²) in [7, 11) is 5.79. The number of aryl methyl sites for hydroxylation is 2. The Bertz CT molecular complexity index is 431. The summed E-state index contributed by atoms with van der Waals surface area (Å²) in [5, 5.41) is 15.2. The molecule has 0 bridgehead atoms. The van der Waals surface area contributed by atoms with Gasteiger partial charge in [-0.2, -0.15) is 0 Å². The fraction of sp³-hybridized carbons (Fsp3) is 0.250. The maximum absolute atomic E-state index is 3.82. The van der Waals surface area contributed by atoms with Gasteiger partial charge in [0.25, 0.3) is 0 Å². The Morgan fingerprint density at radius 2 is 1.33 bits per heavy atom. The molecule has 0 aromatic carbocycles. The molecule has 0 unspecified atom stereocenters. The second-order valence-electron chi connectivity index (χ2n) is 3.17. The average molecular weight is 201 g/mol. The SMILES string of the molecule is C[n+]1cnncc1[B-]c1cnnc[n+]1C. The van der Waals surface area contributed by atoms with Crippen molar-refractivity contribution in [1.82, 2.24) is 20.4 Å². The van der Waals surface area contributed by atoms with Gasteiger partial charge in [0.05, 0.1) is 36.7 Å². The van der Waals surface area contributed by atoms with Crippen molar-refractivity contribution in [2.45, 2.75) is 0 Å². The summed E-state index contributed by atoms with van der Waals surface area (Å²) in [6.07, 6.45) is 6.70. The predicted molar refractivity (Wildman–Crippen MR) is 51.4 cm³/mol. The van der Waals surface area contributed by atoms with E-state index in [0.29, 0.717) is 0 Å². The summed E-state index contributed by atoms with van der Waals surface area (Å²) in [6.45, 7) is 0. The van der Waals surface area contributed by atoms with Gasteiger partial charge in [-0.1, -0.05) is 0 Å². The molecule has 0 aliphatic rings. The highest BCUT2D eigenvalue weighted by molar-refractivity contribution is 6.64. The average Bonchev–Trinajstić information content (AvgIpc) is 2.24. The third-order valence-corrected chi connectivity index (χ3v) is 2.07. The molecule has 15 heavy (non-hydrogen) atoms. The zero-order chi connectivity index (χ0) is 10.7. The number of hydrogen-bond acceptors (Lipinski definition) is 4. The predicted octanol–water partition coefficient (Wildman–Crippen LogP) is -3.43. The molecule has 0 saturated carbocycles. The van der Waals surface area contributed by atoms with E-state index < -0.39 is 0 Å². The molecule has 6 nitrogen and oxygen atoms in total. The van der Waals surface area contributed by atoms with Gasteiger partial charge in [0.15, 0.2) is 0 Å². The van der Waals surface area contributed by atoms with Crippen LogP contribution in [0.4, 0.5) is 0 Å². The van der Waals surface area contributed by atoms with E-state index in [9.17, 15) is 0 Å². The van der Waals surface area contributed by atoms with Gasteiger partial charge in [0.2, 0.25) is 0 Å². The second kappa shape index (κ2) is 4.08. The molecule has 2 aromatic heterocycles. The molecule has 0 N–H and O–H groups in total. The van der Waals surface area contributed by atoms with Crippen LogP contribution in [0.5, 0.6) is 0 Å². The highest BCUT2D eigenvalue weighted by Crippen LogP contribution is 1.65. The van der Waals surface area contributed by atoms with Crippen molar-refractivity contribution in [1.29, 1.82) is 0 Å². The minimum Gasteiger partial charge on any atom is -0.278 e. The Hall–Kier alpha value is -1.92. The molecular formula is C8H10BN6+. The topological polar surface area (TPSA) is 59.3 Å². The molecule has 0 amide bonds. The lowest BCUT2D eigenvalue weighted by Crippen LogP contribution is -2.59. The monoisotopic (exact) mass is 201 g/mol. The smallest absolute Gasteiger partial charge is 0.278 e. The van der Waals surface area contributed by atoms with Crippen LogP contribution < -0.4 is 20.3 Å². The van der Waals surface area contributed by atoms with Crippen molar-refractivity contribution in [3.05, 3.63) is 25.0 Å². The van der Waals surface area contributed by atoms with E-state index in [2.05, 4.69) is 20.4 Å². The maximum atomic E-state index is 3.82. The van der Waals surface area contributed by atoms with Crippen molar-refractivity contribution in [3.63, 3.8) is 0 Å². The molecule has 2 aromatic rings. The number of hydrogen-bond donors (Lipinski definition) is 0. The summed E-state index contributed by atoms with van der Waals surface area (Å²) < 4.78 is 3.76. The third-order valence-electron chi connectivity index (χ3n) is 2.07. The van der Waals surface area contributed by atoms with Gasteiger partial charge in [0, 0.05) is 0 Å². The van der Waals surface area contributed by atoms with Crippen LogP contribution in [0.1, 0.15) is 0 Å². The van der Waals surface area contributed by atoms with Gasteiger partial charge in [-0.3, -0.25) is 9.13 Å². The van der Waals surface area contributed by atoms with Crippen LogP contribution in [0.25, 0.3) is 0 Å². The molecule has 2 radical (unpaired) electrons. The minimum atomic E-state index is 0.952. The van der Waals surface area contributed by atoms with Crippen LogP contribution in [-0.2, 0) is 14.1 Å². The standard InChI is InChI=1S/C8H10BN6/c1-14-5-12-10-3-7(14)9-8-4-11-13-6-15(8)2/h3-6H,1-2H3/q+1. The molecule has 2 heterocycles. The second-order valence-corrected chi connectivity index (χ2v) is 3.17. The summed E-state index contributed by atoms with van der Waals surface area (Å²) >= 11 is 0. The zero-order valence-corrected chi connectivity index (χ0v) is 8.57. The first-order valence-corrected chi connectivity index (χ1v) is 4.45. The van der Waals surface area contributed by atoms with E-state index in [1.807, 2.05) is 30.5 Å². The van der Waals surface area contributed by atoms with Crippen LogP contribution in [-0.4, -0.2) is 27.7 Å².